The molecule has 20 heavy (non-hydrogen) atoms. The van der Waals surface area contributed by atoms with Crippen molar-refractivity contribution >= 4 is 37.5 Å². The van der Waals surface area contributed by atoms with Gasteiger partial charge in [0.1, 0.15) is 5.82 Å². The van der Waals surface area contributed by atoms with Gasteiger partial charge in [0.05, 0.1) is 10.5 Å². The van der Waals surface area contributed by atoms with Gasteiger partial charge in [-0.3, -0.25) is 0 Å². The Morgan fingerprint density at radius 1 is 1.20 bits per heavy atom. The van der Waals surface area contributed by atoms with Gasteiger partial charge < -0.3 is 5.32 Å². The minimum Gasteiger partial charge on any atom is -0.378 e. The lowest BCUT2D eigenvalue weighted by molar-refractivity contribution is 0.620. The number of rotatable bonds is 4. The van der Waals surface area contributed by atoms with Gasteiger partial charge in [-0.05, 0) is 64.7 Å². The first kappa shape index (κ1) is 15.5. The molecule has 1 nitrogen and oxygen atoms in total. The second-order valence-electron chi connectivity index (χ2n) is 4.74. The molecule has 106 valence electrons. The van der Waals surface area contributed by atoms with Gasteiger partial charge in [-0.2, -0.15) is 0 Å². The van der Waals surface area contributed by atoms with Crippen LogP contribution in [0.1, 0.15) is 30.5 Å². The van der Waals surface area contributed by atoms with Crippen molar-refractivity contribution in [1.82, 2.24) is 0 Å². The number of hydrogen-bond acceptors (Lipinski definition) is 1. The molecule has 0 fully saturated rings. The zero-order chi connectivity index (χ0) is 14.7. The number of benzene rings is 2. The fourth-order valence-corrected chi connectivity index (χ4v) is 3.01. The third-order valence-corrected chi connectivity index (χ3v) is 4.36. The standard InChI is InChI=1S/C16H16Br2FN/c1-3-15(11-5-4-6-12(17)8-11)20-16-9-14(19)13(18)7-10(16)2/h4-9,15,20H,3H2,1-2H3. The fraction of sp³-hybridized carbons (Fsp3) is 0.250. The lowest BCUT2D eigenvalue weighted by Gasteiger charge is -2.21. The second kappa shape index (κ2) is 6.72. The molecule has 0 radical (unpaired) electrons. The molecule has 1 N–H and O–H groups in total. The Hall–Kier alpha value is -0.870. The summed E-state index contributed by atoms with van der Waals surface area (Å²) in [6, 6.07) is 11.7. The first-order valence-electron chi connectivity index (χ1n) is 6.49. The van der Waals surface area contributed by atoms with Crippen LogP contribution in [-0.4, -0.2) is 0 Å². The molecule has 0 heterocycles. The Kier molecular flexibility index (Phi) is 5.22. The molecule has 0 aliphatic carbocycles. The minimum absolute atomic E-state index is 0.159. The van der Waals surface area contributed by atoms with Crippen molar-refractivity contribution in [2.45, 2.75) is 26.3 Å². The first-order valence-corrected chi connectivity index (χ1v) is 8.07. The highest BCUT2D eigenvalue weighted by Gasteiger charge is 2.12. The molecule has 2 aromatic carbocycles. The molecule has 1 unspecified atom stereocenters. The van der Waals surface area contributed by atoms with Crippen molar-refractivity contribution in [2.75, 3.05) is 5.32 Å². The van der Waals surface area contributed by atoms with Crippen LogP contribution in [0.5, 0.6) is 0 Å². The molecule has 1 atom stereocenters. The highest BCUT2D eigenvalue weighted by atomic mass is 79.9. The van der Waals surface area contributed by atoms with Crippen molar-refractivity contribution < 1.29 is 4.39 Å². The number of aryl methyl sites for hydroxylation is 1. The molecule has 0 saturated carbocycles. The third-order valence-electron chi connectivity index (χ3n) is 3.26. The predicted octanol–water partition coefficient (Wildman–Crippen LogP) is 6.22. The van der Waals surface area contributed by atoms with E-state index in [1.165, 1.54) is 5.56 Å². The molecule has 0 spiro atoms. The second-order valence-corrected chi connectivity index (χ2v) is 6.51. The van der Waals surface area contributed by atoms with Crippen molar-refractivity contribution in [1.29, 1.82) is 0 Å². The quantitative estimate of drug-likeness (QED) is 0.641. The van der Waals surface area contributed by atoms with E-state index in [9.17, 15) is 4.39 Å². The van der Waals surface area contributed by atoms with Crippen LogP contribution in [0.2, 0.25) is 0 Å². The molecule has 0 saturated heterocycles. The van der Waals surface area contributed by atoms with E-state index in [0.29, 0.717) is 4.47 Å². The van der Waals surface area contributed by atoms with Crippen molar-refractivity contribution in [3.8, 4) is 0 Å². The summed E-state index contributed by atoms with van der Waals surface area (Å²) in [6.07, 6.45) is 0.924. The fourth-order valence-electron chi connectivity index (χ4n) is 2.13. The lowest BCUT2D eigenvalue weighted by Crippen LogP contribution is -2.11. The Balaban J connectivity index is 2.29. The predicted molar refractivity (Wildman–Crippen MR) is 89.6 cm³/mol. The van der Waals surface area contributed by atoms with Crippen LogP contribution in [0, 0.1) is 12.7 Å². The van der Waals surface area contributed by atoms with E-state index in [1.807, 2.05) is 19.1 Å². The Labute approximate surface area is 135 Å². The topological polar surface area (TPSA) is 12.0 Å². The number of nitrogens with one attached hydrogen (secondary N) is 1. The molecular weight excluding hydrogens is 385 g/mol. The summed E-state index contributed by atoms with van der Waals surface area (Å²) in [5, 5.41) is 3.43. The van der Waals surface area contributed by atoms with E-state index in [4.69, 9.17) is 0 Å². The van der Waals surface area contributed by atoms with E-state index in [1.54, 1.807) is 12.1 Å². The molecule has 2 aromatic rings. The van der Waals surface area contributed by atoms with Crippen LogP contribution in [0.3, 0.4) is 0 Å². The van der Waals surface area contributed by atoms with Gasteiger partial charge in [0.15, 0.2) is 0 Å². The van der Waals surface area contributed by atoms with Crippen LogP contribution in [-0.2, 0) is 0 Å². The highest BCUT2D eigenvalue weighted by molar-refractivity contribution is 9.10. The highest BCUT2D eigenvalue weighted by Crippen LogP contribution is 2.29. The lowest BCUT2D eigenvalue weighted by atomic mass is 10.0. The Morgan fingerprint density at radius 2 is 1.95 bits per heavy atom. The van der Waals surface area contributed by atoms with Gasteiger partial charge in [0.2, 0.25) is 0 Å². The smallest absolute Gasteiger partial charge is 0.139 e. The van der Waals surface area contributed by atoms with Gasteiger partial charge in [0, 0.05) is 10.2 Å². The summed E-state index contributed by atoms with van der Waals surface area (Å²) in [6.45, 7) is 4.09. The van der Waals surface area contributed by atoms with Crippen molar-refractivity contribution in [2.24, 2.45) is 0 Å². The van der Waals surface area contributed by atoms with Crippen LogP contribution in [0.4, 0.5) is 10.1 Å². The van der Waals surface area contributed by atoms with Crippen LogP contribution in [0.25, 0.3) is 0 Å². The van der Waals surface area contributed by atoms with Crippen molar-refractivity contribution in [3.05, 3.63) is 62.3 Å². The van der Waals surface area contributed by atoms with Gasteiger partial charge in [0.25, 0.3) is 0 Å². The van der Waals surface area contributed by atoms with Gasteiger partial charge in [-0.1, -0.05) is 35.0 Å². The van der Waals surface area contributed by atoms with Crippen LogP contribution >= 0.6 is 31.9 Å². The van der Waals surface area contributed by atoms with Gasteiger partial charge in [-0.25, -0.2) is 4.39 Å². The Morgan fingerprint density at radius 3 is 2.60 bits per heavy atom. The van der Waals surface area contributed by atoms with Crippen molar-refractivity contribution in [3.63, 3.8) is 0 Å². The maximum atomic E-state index is 13.7. The monoisotopic (exact) mass is 399 g/mol. The Bertz CT molecular complexity index is 613. The SMILES string of the molecule is CCC(Nc1cc(F)c(Br)cc1C)c1cccc(Br)c1. The summed E-state index contributed by atoms with van der Waals surface area (Å²) < 4.78 is 15.2. The van der Waals surface area contributed by atoms with E-state index in [0.717, 1.165) is 22.1 Å². The number of anilines is 1. The van der Waals surface area contributed by atoms with E-state index in [2.05, 4.69) is 56.2 Å². The maximum absolute atomic E-state index is 13.7. The summed E-state index contributed by atoms with van der Waals surface area (Å²) in [5.41, 5.74) is 3.04. The van der Waals surface area contributed by atoms with E-state index >= 15 is 0 Å². The molecule has 2 rings (SSSR count). The summed E-state index contributed by atoms with van der Waals surface area (Å²) >= 11 is 6.70. The minimum atomic E-state index is -0.248. The number of hydrogen-bond donors (Lipinski definition) is 1. The molecule has 0 bridgehead atoms. The molecule has 0 amide bonds. The molecule has 0 aliphatic rings. The summed E-state index contributed by atoms with van der Waals surface area (Å²) in [5.74, 6) is -0.248. The van der Waals surface area contributed by atoms with E-state index < -0.39 is 0 Å². The molecule has 0 aromatic heterocycles. The normalized spacial score (nSPS) is 12.2. The average Bonchev–Trinajstić information content (AvgIpc) is 2.41. The van der Waals surface area contributed by atoms with Gasteiger partial charge >= 0.3 is 0 Å². The number of halogens is 3. The molecule has 4 heteroatoms. The summed E-state index contributed by atoms with van der Waals surface area (Å²) in [7, 11) is 0. The summed E-state index contributed by atoms with van der Waals surface area (Å²) in [4.78, 5) is 0. The first-order chi connectivity index (χ1) is 9.51. The third kappa shape index (κ3) is 3.61. The van der Waals surface area contributed by atoms with E-state index in [-0.39, 0.29) is 11.9 Å². The van der Waals surface area contributed by atoms with Crippen LogP contribution in [0.15, 0.2) is 45.3 Å². The molecule has 0 aliphatic heterocycles. The average molecular weight is 401 g/mol. The largest absolute Gasteiger partial charge is 0.378 e. The zero-order valence-electron chi connectivity index (χ0n) is 11.4. The molecular formula is C16H16Br2FN. The maximum Gasteiger partial charge on any atom is 0.139 e. The van der Waals surface area contributed by atoms with Crippen LogP contribution < -0.4 is 5.32 Å². The van der Waals surface area contributed by atoms with Gasteiger partial charge in [-0.15, -0.1) is 0 Å². The zero-order valence-corrected chi connectivity index (χ0v) is 14.6.